The molecule has 0 saturated carbocycles. The van der Waals surface area contributed by atoms with Crippen molar-refractivity contribution in [3.63, 3.8) is 0 Å². The third-order valence-electron chi connectivity index (χ3n) is 6.64. The van der Waals surface area contributed by atoms with Crippen molar-refractivity contribution >= 4 is 11.8 Å². The number of nitrogens with zero attached hydrogens (tertiary/aromatic N) is 5. The Labute approximate surface area is 173 Å². The van der Waals surface area contributed by atoms with Gasteiger partial charge in [0, 0.05) is 63.7 Å². The molecule has 0 aliphatic carbocycles. The molecule has 158 valence electrons. The van der Waals surface area contributed by atoms with Gasteiger partial charge >= 0.3 is 0 Å². The molecule has 4 heterocycles. The van der Waals surface area contributed by atoms with Gasteiger partial charge in [0.25, 0.3) is 0 Å². The van der Waals surface area contributed by atoms with E-state index in [-0.39, 0.29) is 17.7 Å². The number of likely N-dealkylation sites (tertiary alicyclic amines) is 2. The summed E-state index contributed by atoms with van der Waals surface area (Å²) in [7, 11) is 0. The Morgan fingerprint density at radius 2 is 1.93 bits per heavy atom. The van der Waals surface area contributed by atoms with Gasteiger partial charge in [0.05, 0.1) is 12.2 Å². The lowest BCUT2D eigenvalue weighted by molar-refractivity contribution is -0.134. The fourth-order valence-corrected chi connectivity index (χ4v) is 4.93. The second-order valence-electron chi connectivity index (χ2n) is 9.05. The highest BCUT2D eigenvalue weighted by atomic mass is 16.2. The summed E-state index contributed by atoms with van der Waals surface area (Å²) in [5.41, 5.74) is 2.12. The van der Waals surface area contributed by atoms with Crippen LogP contribution >= 0.6 is 0 Å². The van der Waals surface area contributed by atoms with Crippen molar-refractivity contribution in [1.29, 1.82) is 0 Å². The Bertz CT molecular complexity index is 768. The zero-order valence-electron chi connectivity index (χ0n) is 17.8. The van der Waals surface area contributed by atoms with E-state index < -0.39 is 0 Å². The number of hydrogen-bond acceptors (Lipinski definition) is 5. The largest absolute Gasteiger partial charge is 0.341 e. The first-order chi connectivity index (χ1) is 14.0. The number of carbonyl (C=O) groups excluding carboxylic acids is 2. The van der Waals surface area contributed by atoms with Gasteiger partial charge in [-0.15, -0.1) is 0 Å². The van der Waals surface area contributed by atoms with E-state index in [1.807, 2.05) is 16.0 Å². The molecule has 0 unspecified atom stereocenters. The summed E-state index contributed by atoms with van der Waals surface area (Å²) in [6.45, 7) is 9.40. The van der Waals surface area contributed by atoms with Gasteiger partial charge in [-0.2, -0.15) is 0 Å². The maximum atomic E-state index is 12.9. The monoisotopic (exact) mass is 399 g/mol. The molecule has 29 heavy (non-hydrogen) atoms. The fraction of sp³-hybridized carbons (Fsp3) is 0.727. The van der Waals surface area contributed by atoms with Crippen LogP contribution in [0.1, 0.15) is 62.5 Å². The molecule has 2 atom stereocenters. The topological polar surface area (TPSA) is 69.6 Å². The van der Waals surface area contributed by atoms with Crippen molar-refractivity contribution in [2.24, 2.45) is 5.92 Å². The van der Waals surface area contributed by atoms with Gasteiger partial charge in [-0.1, -0.05) is 6.92 Å². The Morgan fingerprint density at radius 3 is 2.72 bits per heavy atom. The zero-order chi connectivity index (χ0) is 20.4. The van der Waals surface area contributed by atoms with Crippen LogP contribution in [0.3, 0.4) is 0 Å². The molecule has 7 heteroatoms. The first-order valence-electron chi connectivity index (χ1n) is 11.1. The minimum Gasteiger partial charge on any atom is -0.341 e. The minimum absolute atomic E-state index is 0.101. The molecule has 2 saturated heterocycles. The van der Waals surface area contributed by atoms with E-state index in [1.165, 1.54) is 12.8 Å². The molecule has 2 fully saturated rings. The minimum atomic E-state index is 0.101. The molecule has 0 spiro atoms. The molecule has 7 nitrogen and oxygen atoms in total. The van der Waals surface area contributed by atoms with Crippen molar-refractivity contribution in [1.82, 2.24) is 24.7 Å². The molecule has 3 aliphatic heterocycles. The summed E-state index contributed by atoms with van der Waals surface area (Å²) in [6.07, 6.45) is 7.18. The number of piperidine rings is 2. The van der Waals surface area contributed by atoms with Gasteiger partial charge in [-0.3, -0.25) is 14.5 Å². The highest BCUT2D eigenvalue weighted by Gasteiger charge is 2.29. The first-order valence-corrected chi connectivity index (χ1v) is 11.1. The molecular formula is C22H33N5O2. The lowest BCUT2D eigenvalue weighted by Gasteiger charge is -2.36. The van der Waals surface area contributed by atoms with Crippen LogP contribution in [0.25, 0.3) is 0 Å². The summed E-state index contributed by atoms with van der Waals surface area (Å²) in [5.74, 6) is 2.12. The van der Waals surface area contributed by atoms with Crippen LogP contribution in [-0.2, 0) is 22.6 Å². The van der Waals surface area contributed by atoms with E-state index in [4.69, 9.17) is 4.98 Å². The molecule has 4 rings (SSSR count). The molecule has 2 amide bonds. The maximum Gasteiger partial charge on any atom is 0.236 e. The van der Waals surface area contributed by atoms with Gasteiger partial charge in [0.2, 0.25) is 11.8 Å². The first kappa shape index (κ1) is 20.3. The van der Waals surface area contributed by atoms with Crippen LogP contribution in [0, 0.1) is 5.92 Å². The second-order valence-corrected chi connectivity index (χ2v) is 9.05. The van der Waals surface area contributed by atoms with E-state index in [1.54, 1.807) is 6.92 Å². The summed E-state index contributed by atoms with van der Waals surface area (Å²) >= 11 is 0. The number of fused-ring (bicyclic) bond motifs is 1. The van der Waals surface area contributed by atoms with Crippen LogP contribution < -0.4 is 0 Å². The van der Waals surface area contributed by atoms with E-state index in [9.17, 15) is 9.59 Å². The third-order valence-corrected chi connectivity index (χ3v) is 6.64. The van der Waals surface area contributed by atoms with Gasteiger partial charge < -0.3 is 9.80 Å². The number of aromatic nitrogens is 2. The summed E-state index contributed by atoms with van der Waals surface area (Å²) in [6, 6.07) is 0. The van der Waals surface area contributed by atoms with Gasteiger partial charge in [0.1, 0.15) is 5.82 Å². The average Bonchev–Trinajstić information content (AvgIpc) is 2.73. The Balaban J connectivity index is 1.38. The predicted octanol–water partition coefficient (Wildman–Crippen LogP) is 1.82. The third kappa shape index (κ3) is 4.77. The van der Waals surface area contributed by atoms with E-state index in [0.29, 0.717) is 19.0 Å². The van der Waals surface area contributed by atoms with E-state index >= 15 is 0 Å². The van der Waals surface area contributed by atoms with E-state index in [0.717, 1.165) is 69.1 Å². The number of hydrogen-bond donors (Lipinski definition) is 0. The molecule has 0 radical (unpaired) electrons. The van der Waals surface area contributed by atoms with Gasteiger partial charge in [-0.25, -0.2) is 9.97 Å². The van der Waals surface area contributed by atoms with Crippen LogP contribution in [-0.4, -0.2) is 75.8 Å². The van der Waals surface area contributed by atoms with Crippen molar-refractivity contribution in [2.45, 2.75) is 58.4 Å². The SMILES string of the molecule is CC(=O)N1CCc2nc([C@@H]3CCCN(C(=O)CN4CCC[C@H](C)C4)C3)ncc2C1. The molecule has 0 N–H and O–H groups in total. The quantitative estimate of drug-likeness (QED) is 0.775. The van der Waals surface area contributed by atoms with Crippen molar-refractivity contribution in [3.8, 4) is 0 Å². The van der Waals surface area contributed by atoms with Crippen molar-refractivity contribution in [2.75, 3.05) is 39.3 Å². The van der Waals surface area contributed by atoms with Crippen LogP contribution in [0.4, 0.5) is 0 Å². The van der Waals surface area contributed by atoms with Gasteiger partial charge in [-0.05, 0) is 38.1 Å². The summed E-state index contributed by atoms with van der Waals surface area (Å²) in [5, 5.41) is 0. The maximum absolute atomic E-state index is 12.9. The number of rotatable bonds is 3. The lowest BCUT2D eigenvalue weighted by atomic mass is 9.96. The average molecular weight is 400 g/mol. The van der Waals surface area contributed by atoms with Crippen LogP contribution in [0.5, 0.6) is 0 Å². The van der Waals surface area contributed by atoms with Crippen LogP contribution in [0.2, 0.25) is 0 Å². The zero-order valence-corrected chi connectivity index (χ0v) is 17.8. The second kappa shape index (κ2) is 8.78. The fourth-order valence-electron chi connectivity index (χ4n) is 4.93. The molecule has 3 aliphatic rings. The molecule has 1 aromatic rings. The summed E-state index contributed by atoms with van der Waals surface area (Å²) in [4.78, 5) is 40.2. The van der Waals surface area contributed by atoms with Gasteiger partial charge in [0.15, 0.2) is 0 Å². The Morgan fingerprint density at radius 1 is 1.10 bits per heavy atom. The standard InChI is InChI=1S/C22H33N5O2/c1-16-5-3-8-25(12-16)15-21(29)27-9-4-6-18(13-27)22-23-11-19-14-26(17(2)28)10-7-20(19)24-22/h11,16,18H,3-10,12-15H2,1-2H3/t16-,18+/m0/s1. The molecule has 0 aromatic carbocycles. The number of amides is 2. The molecule has 1 aromatic heterocycles. The van der Waals surface area contributed by atoms with Crippen LogP contribution in [0.15, 0.2) is 6.20 Å². The summed E-state index contributed by atoms with van der Waals surface area (Å²) < 4.78 is 0. The number of carbonyl (C=O) groups is 2. The van der Waals surface area contributed by atoms with Crippen molar-refractivity contribution < 1.29 is 9.59 Å². The highest BCUT2D eigenvalue weighted by molar-refractivity contribution is 5.78. The van der Waals surface area contributed by atoms with E-state index in [2.05, 4.69) is 16.8 Å². The Hall–Kier alpha value is -2.02. The molecule has 0 bridgehead atoms. The molecular weight excluding hydrogens is 366 g/mol. The smallest absolute Gasteiger partial charge is 0.236 e. The van der Waals surface area contributed by atoms with Crippen molar-refractivity contribution in [3.05, 3.63) is 23.3 Å². The highest BCUT2D eigenvalue weighted by Crippen LogP contribution is 2.27. The predicted molar refractivity (Wildman–Crippen MR) is 110 cm³/mol. The normalized spacial score (nSPS) is 25.6. The lowest BCUT2D eigenvalue weighted by Crippen LogP contribution is -2.47. The Kier molecular flexibility index (Phi) is 6.13.